The first-order valence-electron chi connectivity index (χ1n) is 6.84. The molecule has 0 aromatic heterocycles. The van der Waals surface area contributed by atoms with Crippen LogP contribution in [0.5, 0.6) is 0 Å². The van der Waals surface area contributed by atoms with E-state index < -0.39 is 10.0 Å². The van der Waals surface area contributed by atoms with Crippen LogP contribution in [-0.2, 0) is 16.4 Å². The van der Waals surface area contributed by atoms with Crippen LogP contribution in [0.3, 0.4) is 0 Å². The molecular formula is C14H21NO3S. The fourth-order valence-corrected chi connectivity index (χ4v) is 3.88. The smallest absolute Gasteiger partial charge is 0.243 e. The van der Waals surface area contributed by atoms with Crippen LogP contribution < -0.4 is 0 Å². The van der Waals surface area contributed by atoms with Gasteiger partial charge in [0.2, 0.25) is 10.0 Å². The third-order valence-corrected chi connectivity index (χ3v) is 5.41. The molecule has 1 N–H and O–H groups in total. The van der Waals surface area contributed by atoms with Gasteiger partial charge in [-0.25, -0.2) is 8.42 Å². The highest BCUT2D eigenvalue weighted by atomic mass is 32.2. The van der Waals surface area contributed by atoms with E-state index in [1.807, 2.05) is 12.1 Å². The van der Waals surface area contributed by atoms with Crippen molar-refractivity contribution >= 4 is 10.0 Å². The van der Waals surface area contributed by atoms with Crippen LogP contribution >= 0.6 is 0 Å². The van der Waals surface area contributed by atoms with Crippen molar-refractivity contribution in [1.29, 1.82) is 0 Å². The molecular weight excluding hydrogens is 262 g/mol. The monoisotopic (exact) mass is 283 g/mol. The van der Waals surface area contributed by atoms with Gasteiger partial charge in [-0.2, -0.15) is 4.31 Å². The lowest BCUT2D eigenvalue weighted by molar-refractivity contribution is 0.288. The fourth-order valence-electron chi connectivity index (χ4n) is 2.37. The second-order valence-corrected chi connectivity index (χ2v) is 6.87. The van der Waals surface area contributed by atoms with Crippen LogP contribution in [0, 0.1) is 0 Å². The van der Waals surface area contributed by atoms with Gasteiger partial charge in [-0.1, -0.05) is 18.6 Å². The molecule has 1 fully saturated rings. The standard InChI is InChI=1S/C14H21NO3S/c16-12-4-5-13-6-8-14(9-7-13)19(17,18)15-10-2-1-3-11-15/h6-9,16H,1-5,10-12H2. The number of benzene rings is 1. The molecule has 106 valence electrons. The molecule has 1 aliphatic rings. The summed E-state index contributed by atoms with van der Waals surface area (Å²) in [4.78, 5) is 0.377. The van der Waals surface area contributed by atoms with E-state index in [0.717, 1.165) is 31.2 Å². The molecule has 0 saturated carbocycles. The van der Waals surface area contributed by atoms with E-state index in [9.17, 15) is 8.42 Å². The molecule has 1 saturated heterocycles. The van der Waals surface area contributed by atoms with Gasteiger partial charge in [-0.15, -0.1) is 0 Å². The minimum atomic E-state index is -3.32. The normalized spacial score (nSPS) is 17.5. The molecule has 19 heavy (non-hydrogen) atoms. The molecule has 0 atom stereocenters. The summed E-state index contributed by atoms with van der Waals surface area (Å²) < 4.78 is 26.4. The predicted octanol–water partition coefficient (Wildman–Crippen LogP) is 1.79. The summed E-state index contributed by atoms with van der Waals surface area (Å²) in [6.45, 7) is 1.43. The summed E-state index contributed by atoms with van der Waals surface area (Å²) >= 11 is 0. The second-order valence-electron chi connectivity index (χ2n) is 4.94. The van der Waals surface area contributed by atoms with Gasteiger partial charge in [0.05, 0.1) is 4.90 Å². The van der Waals surface area contributed by atoms with Gasteiger partial charge < -0.3 is 5.11 Å². The lowest BCUT2D eigenvalue weighted by Gasteiger charge is -2.25. The molecule has 0 radical (unpaired) electrons. The van der Waals surface area contributed by atoms with Gasteiger partial charge in [-0.05, 0) is 43.4 Å². The average molecular weight is 283 g/mol. The largest absolute Gasteiger partial charge is 0.396 e. The minimum absolute atomic E-state index is 0.161. The van der Waals surface area contributed by atoms with E-state index >= 15 is 0 Å². The minimum Gasteiger partial charge on any atom is -0.396 e. The molecule has 0 amide bonds. The van der Waals surface area contributed by atoms with Gasteiger partial charge in [0.25, 0.3) is 0 Å². The van der Waals surface area contributed by atoms with E-state index in [0.29, 0.717) is 24.4 Å². The van der Waals surface area contributed by atoms with E-state index in [4.69, 9.17) is 5.11 Å². The summed E-state index contributed by atoms with van der Waals surface area (Å²) in [5, 5.41) is 8.78. The highest BCUT2D eigenvalue weighted by Crippen LogP contribution is 2.21. The molecule has 4 nitrogen and oxygen atoms in total. The van der Waals surface area contributed by atoms with E-state index in [1.165, 1.54) is 0 Å². The first-order chi connectivity index (χ1) is 9.14. The SMILES string of the molecule is O=S(=O)(c1ccc(CCCO)cc1)N1CCCCC1. The number of hydrogen-bond donors (Lipinski definition) is 1. The maximum Gasteiger partial charge on any atom is 0.243 e. The van der Waals surface area contributed by atoms with Gasteiger partial charge in [0.15, 0.2) is 0 Å². The Morgan fingerprint density at radius 1 is 1.05 bits per heavy atom. The number of sulfonamides is 1. The quantitative estimate of drug-likeness (QED) is 0.896. The molecule has 1 aromatic carbocycles. The zero-order valence-electron chi connectivity index (χ0n) is 11.1. The Bertz CT molecular complexity index is 490. The summed E-state index contributed by atoms with van der Waals surface area (Å²) in [5.74, 6) is 0. The third-order valence-electron chi connectivity index (χ3n) is 3.50. The Labute approximate surface area is 115 Å². The molecule has 2 rings (SSSR count). The number of hydrogen-bond acceptors (Lipinski definition) is 3. The number of aliphatic hydroxyl groups is 1. The molecule has 5 heteroatoms. The Hall–Kier alpha value is -0.910. The van der Waals surface area contributed by atoms with Crippen LogP contribution in [0.1, 0.15) is 31.2 Å². The van der Waals surface area contributed by atoms with Crippen molar-refractivity contribution in [3.8, 4) is 0 Å². The lowest BCUT2D eigenvalue weighted by Crippen LogP contribution is -2.35. The average Bonchev–Trinajstić information content (AvgIpc) is 2.46. The predicted molar refractivity (Wildman–Crippen MR) is 74.5 cm³/mol. The van der Waals surface area contributed by atoms with Crippen molar-refractivity contribution in [3.05, 3.63) is 29.8 Å². The summed E-state index contributed by atoms with van der Waals surface area (Å²) in [6, 6.07) is 7.03. The topological polar surface area (TPSA) is 57.6 Å². The molecule has 1 aromatic rings. The lowest BCUT2D eigenvalue weighted by atomic mass is 10.1. The Morgan fingerprint density at radius 2 is 1.68 bits per heavy atom. The molecule has 0 aliphatic carbocycles. The van der Waals surface area contributed by atoms with E-state index in [2.05, 4.69) is 0 Å². The second kappa shape index (κ2) is 6.50. The number of piperidine rings is 1. The van der Waals surface area contributed by atoms with Crippen molar-refractivity contribution < 1.29 is 13.5 Å². The molecule has 0 spiro atoms. The number of rotatable bonds is 5. The van der Waals surface area contributed by atoms with Crippen LogP contribution in [0.15, 0.2) is 29.2 Å². The van der Waals surface area contributed by atoms with Gasteiger partial charge in [0, 0.05) is 19.7 Å². The van der Waals surface area contributed by atoms with Crippen molar-refractivity contribution in [2.75, 3.05) is 19.7 Å². The Balaban J connectivity index is 2.11. The van der Waals surface area contributed by atoms with Crippen LogP contribution in [0.2, 0.25) is 0 Å². The first kappa shape index (κ1) is 14.5. The van der Waals surface area contributed by atoms with Gasteiger partial charge >= 0.3 is 0 Å². The van der Waals surface area contributed by atoms with Gasteiger partial charge in [0.1, 0.15) is 0 Å². The summed E-state index contributed by atoms with van der Waals surface area (Å²) in [5.41, 5.74) is 1.06. The van der Waals surface area contributed by atoms with Crippen LogP contribution in [0.25, 0.3) is 0 Å². The number of aliphatic hydroxyl groups excluding tert-OH is 1. The summed E-state index contributed by atoms with van der Waals surface area (Å²) in [6.07, 6.45) is 4.51. The van der Waals surface area contributed by atoms with Gasteiger partial charge in [-0.3, -0.25) is 0 Å². The molecule has 1 heterocycles. The van der Waals surface area contributed by atoms with Crippen molar-refractivity contribution in [1.82, 2.24) is 4.31 Å². The summed E-state index contributed by atoms with van der Waals surface area (Å²) in [7, 11) is -3.32. The van der Waals surface area contributed by atoms with Crippen molar-refractivity contribution in [2.45, 2.75) is 37.0 Å². The zero-order valence-corrected chi connectivity index (χ0v) is 11.9. The highest BCUT2D eigenvalue weighted by molar-refractivity contribution is 7.89. The molecule has 0 bridgehead atoms. The molecule has 1 aliphatic heterocycles. The maximum absolute atomic E-state index is 12.4. The van der Waals surface area contributed by atoms with Crippen LogP contribution in [0.4, 0.5) is 0 Å². The van der Waals surface area contributed by atoms with Crippen molar-refractivity contribution in [3.63, 3.8) is 0 Å². The Kier molecular flexibility index (Phi) is 4.96. The Morgan fingerprint density at radius 3 is 2.26 bits per heavy atom. The zero-order chi connectivity index (χ0) is 13.7. The van der Waals surface area contributed by atoms with Crippen LogP contribution in [-0.4, -0.2) is 37.5 Å². The maximum atomic E-state index is 12.4. The molecule has 0 unspecified atom stereocenters. The van der Waals surface area contributed by atoms with E-state index in [1.54, 1.807) is 16.4 Å². The van der Waals surface area contributed by atoms with Crippen molar-refractivity contribution in [2.24, 2.45) is 0 Å². The third kappa shape index (κ3) is 3.55. The first-order valence-corrected chi connectivity index (χ1v) is 8.28. The van der Waals surface area contributed by atoms with E-state index in [-0.39, 0.29) is 6.61 Å². The number of nitrogens with zero attached hydrogens (tertiary/aromatic N) is 1. The highest BCUT2D eigenvalue weighted by Gasteiger charge is 2.25. The fraction of sp³-hybridized carbons (Fsp3) is 0.571. The number of aryl methyl sites for hydroxylation is 1.